The van der Waals surface area contributed by atoms with E-state index in [0.29, 0.717) is 16.5 Å². The zero-order valence-corrected chi connectivity index (χ0v) is 17.3. The number of allylic oxidation sites excluding steroid dienone is 2. The largest absolute Gasteiger partial charge is 0.481 e. The van der Waals surface area contributed by atoms with Crippen molar-refractivity contribution in [3.63, 3.8) is 0 Å². The molecule has 0 unspecified atom stereocenters. The van der Waals surface area contributed by atoms with E-state index in [1.54, 1.807) is 0 Å². The van der Waals surface area contributed by atoms with Gasteiger partial charge >= 0.3 is 5.97 Å². The first-order chi connectivity index (χ1) is 13.2. The fourth-order valence-electron chi connectivity index (χ4n) is 5.24. The van der Waals surface area contributed by atoms with Gasteiger partial charge in [0.2, 0.25) is 5.91 Å². The molecule has 148 valence electrons. The molecule has 0 radical (unpaired) electrons. The van der Waals surface area contributed by atoms with Crippen LogP contribution in [0.3, 0.4) is 0 Å². The molecule has 1 aromatic heterocycles. The Kier molecular flexibility index (Phi) is 4.62. The molecule has 4 rings (SSSR count). The van der Waals surface area contributed by atoms with Crippen molar-refractivity contribution in [3.8, 4) is 6.07 Å². The predicted octanol–water partition coefficient (Wildman–Crippen LogP) is 4.23. The Hall–Kier alpha value is -2.13. The summed E-state index contributed by atoms with van der Waals surface area (Å²) in [6, 6.07) is 2.29. The number of carbonyl (C=O) groups excluding carboxylic acids is 1. The number of aliphatic carboxylic acids is 1. The highest BCUT2D eigenvalue weighted by Gasteiger charge is 2.51. The van der Waals surface area contributed by atoms with Crippen molar-refractivity contribution in [1.29, 1.82) is 5.26 Å². The van der Waals surface area contributed by atoms with Gasteiger partial charge in [-0.1, -0.05) is 32.9 Å². The van der Waals surface area contributed by atoms with Gasteiger partial charge < -0.3 is 10.4 Å². The standard InChI is InChI=1S/C22H26N2O3S/c1-22(2,3)13-6-7-14-15(10-23)20(28-16(14)9-13)24-19(25)17-11-4-5-12(8-11)18(17)21(26)27/h4-5,11-13,17-18H,6-9H2,1-3H3,(H,24,25)(H,26,27)/t11-,12+,13-,17-,18+/m1/s1. The molecule has 6 heteroatoms. The van der Waals surface area contributed by atoms with Crippen LogP contribution in [0.2, 0.25) is 0 Å². The molecule has 5 nitrogen and oxygen atoms in total. The lowest BCUT2D eigenvalue weighted by molar-refractivity contribution is -0.146. The maximum atomic E-state index is 13.0. The molecule has 1 aromatic rings. The Balaban J connectivity index is 1.59. The maximum Gasteiger partial charge on any atom is 0.307 e. The van der Waals surface area contributed by atoms with Crippen molar-refractivity contribution >= 4 is 28.2 Å². The zero-order valence-electron chi connectivity index (χ0n) is 16.5. The summed E-state index contributed by atoms with van der Waals surface area (Å²) in [6.45, 7) is 6.75. The topological polar surface area (TPSA) is 90.2 Å². The van der Waals surface area contributed by atoms with E-state index in [1.807, 2.05) is 12.2 Å². The van der Waals surface area contributed by atoms with Crippen molar-refractivity contribution in [2.45, 2.75) is 46.5 Å². The molecule has 5 atom stereocenters. The van der Waals surface area contributed by atoms with Crippen molar-refractivity contribution in [2.75, 3.05) is 5.32 Å². The second kappa shape index (κ2) is 6.73. The number of thiophene rings is 1. The Morgan fingerprint density at radius 3 is 2.54 bits per heavy atom. The third-order valence-corrected chi connectivity index (χ3v) is 8.06. The van der Waals surface area contributed by atoms with E-state index in [0.717, 1.165) is 31.2 Å². The number of hydrogen-bond acceptors (Lipinski definition) is 4. The number of nitrogens with zero attached hydrogens (tertiary/aromatic N) is 1. The summed E-state index contributed by atoms with van der Waals surface area (Å²) in [5.74, 6) is -1.90. The van der Waals surface area contributed by atoms with E-state index >= 15 is 0 Å². The first-order valence-corrected chi connectivity index (χ1v) is 10.8. The predicted molar refractivity (Wildman–Crippen MR) is 108 cm³/mol. The van der Waals surface area contributed by atoms with Crippen LogP contribution >= 0.6 is 11.3 Å². The van der Waals surface area contributed by atoms with Gasteiger partial charge in [0.15, 0.2) is 0 Å². The van der Waals surface area contributed by atoms with Crippen LogP contribution in [0.5, 0.6) is 0 Å². The Morgan fingerprint density at radius 1 is 1.25 bits per heavy atom. The maximum absolute atomic E-state index is 13.0. The second-order valence-corrected chi connectivity index (χ2v) is 10.6. The summed E-state index contributed by atoms with van der Waals surface area (Å²) < 4.78 is 0. The molecule has 2 bridgehead atoms. The summed E-state index contributed by atoms with van der Waals surface area (Å²) >= 11 is 1.50. The molecule has 1 amide bonds. The summed E-state index contributed by atoms with van der Waals surface area (Å²) in [6.07, 6.45) is 7.49. The van der Waals surface area contributed by atoms with E-state index in [-0.39, 0.29) is 23.2 Å². The van der Waals surface area contributed by atoms with E-state index in [9.17, 15) is 20.0 Å². The number of amides is 1. The molecule has 1 heterocycles. The molecule has 0 aliphatic heterocycles. The molecule has 3 aliphatic rings. The normalized spacial score (nSPS) is 30.7. The summed E-state index contributed by atoms with van der Waals surface area (Å²) in [5, 5.41) is 22.9. The molecule has 0 aromatic carbocycles. The summed E-state index contributed by atoms with van der Waals surface area (Å²) in [4.78, 5) is 25.9. The monoisotopic (exact) mass is 398 g/mol. The number of carbonyl (C=O) groups is 2. The zero-order chi connectivity index (χ0) is 20.2. The molecular weight excluding hydrogens is 372 g/mol. The van der Waals surface area contributed by atoms with Gasteiger partial charge in [-0.15, -0.1) is 11.3 Å². The van der Waals surface area contributed by atoms with Crippen molar-refractivity contribution in [3.05, 3.63) is 28.2 Å². The number of nitrogens with one attached hydrogen (secondary N) is 1. The number of rotatable bonds is 3. The first kappa shape index (κ1) is 19.2. The number of nitriles is 1. The number of hydrogen-bond donors (Lipinski definition) is 2. The minimum absolute atomic E-state index is 0.0171. The third kappa shape index (κ3) is 3.06. The Morgan fingerprint density at radius 2 is 1.93 bits per heavy atom. The van der Waals surface area contributed by atoms with Crippen molar-refractivity contribution in [2.24, 2.45) is 35.0 Å². The smallest absolute Gasteiger partial charge is 0.307 e. The van der Waals surface area contributed by atoms with Crippen molar-refractivity contribution < 1.29 is 14.7 Å². The highest BCUT2D eigenvalue weighted by molar-refractivity contribution is 7.16. The lowest BCUT2D eigenvalue weighted by Crippen LogP contribution is -2.36. The Bertz CT molecular complexity index is 902. The lowest BCUT2D eigenvalue weighted by atomic mass is 9.72. The van der Waals surface area contributed by atoms with Gasteiger partial charge in [-0.2, -0.15) is 5.26 Å². The number of carboxylic acids is 1. The van der Waals surface area contributed by atoms with Gasteiger partial charge in [0, 0.05) is 4.88 Å². The van der Waals surface area contributed by atoms with Crippen molar-refractivity contribution in [1.82, 2.24) is 0 Å². The van der Waals surface area contributed by atoms with E-state index in [1.165, 1.54) is 16.2 Å². The van der Waals surface area contributed by atoms with Gasteiger partial charge in [0.05, 0.1) is 17.4 Å². The lowest BCUT2D eigenvalue weighted by Gasteiger charge is -2.33. The van der Waals surface area contributed by atoms with Gasteiger partial charge in [0.1, 0.15) is 11.1 Å². The second-order valence-electron chi connectivity index (χ2n) is 9.45. The molecule has 3 aliphatic carbocycles. The number of fused-ring (bicyclic) bond motifs is 3. The molecular formula is C22H26N2O3S. The van der Waals surface area contributed by atoms with Crippen LogP contribution in [0.1, 0.15) is 49.6 Å². The van der Waals surface area contributed by atoms with Crippen LogP contribution in [0, 0.1) is 46.3 Å². The van der Waals surface area contributed by atoms with Crippen LogP contribution < -0.4 is 5.32 Å². The van der Waals surface area contributed by atoms with Gasteiger partial charge in [-0.05, 0) is 54.4 Å². The minimum atomic E-state index is -0.906. The molecule has 1 fully saturated rings. The van der Waals surface area contributed by atoms with Gasteiger partial charge in [-0.25, -0.2) is 0 Å². The van der Waals surface area contributed by atoms with Crippen LogP contribution in [0.15, 0.2) is 12.2 Å². The molecule has 0 saturated heterocycles. The average molecular weight is 399 g/mol. The quantitative estimate of drug-likeness (QED) is 0.746. The molecule has 1 saturated carbocycles. The molecule has 2 N–H and O–H groups in total. The number of carboxylic acid groups (broad SMARTS) is 1. The highest BCUT2D eigenvalue weighted by Crippen LogP contribution is 2.49. The average Bonchev–Trinajstić information content (AvgIpc) is 3.31. The van der Waals surface area contributed by atoms with Crippen LogP contribution in [-0.4, -0.2) is 17.0 Å². The number of anilines is 1. The van der Waals surface area contributed by atoms with E-state index < -0.39 is 17.8 Å². The van der Waals surface area contributed by atoms with Crippen LogP contribution in [-0.2, 0) is 22.4 Å². The molecule has 28 heavy (non-hydrogen) atoms. The first-order valence-electron chi connectivity index (χ1n) is 9.97. The molecule has 0 spiro atoms. The van der Waals surface area contributed by atoms with Gasteiger partial charge in [-0.3, -0.25) is 9.59 Å². The third-order valence-electron chi connectivity index (χ3n) is 6.89. The van der Waals surface area contributed by atoms with Crippen LogP contribution in [0.25, 0.3) is 0 Å². The van der Waals surface area contributed by atoms with E-state index in [4.69, 9.17) is 0 Å². The minimum Gasteiger partial charge on any atom is -0.481 e. The van der Waals surface area contributed by atoms with Crippen LogP contribution in [0.4, 0.5) is 5.00 Å². The fourth-order valence-corrected chi connectivity index (χ4v) is 6.52. The summed E-state index contributed by atoms with van der Waals surface area (Å²) in [5.41, 5.74) is 1.86. The van der Waals surface area contributed by atoms with Gasteiger partial charge in [0.25, 0.3) is 0 Å². The SMILES string of the molecule is CC(C)(C)[C@@H]1CCc2c(sc(NC(=O)[C@H]3[C@@H](C(=O)O)[C@H]4C=C[C@@H]3C4)c2C#N)C1. The highest BCUT2D eigenvalue weighted by atomic mass is 32.1. The fraction of sp³-hybridized carbons (Fsp3) is 0.591. The van der Waals surface area contributed by atoms with E-state index in [2.05, 4.69) is 32.2 Å². The Labute approximate surface area is 169 Å². The summed E-state index contributed by atoms with van der Waals surface area (Å²) in [7, 11) is 0.